The smallest absolute Gasteiger partial charge is 0.306 e. The first-order valence-electron chi connectivity index (χ1n) is 6.43. The molecule has 0 unspecified atom stereocenters. The van der Waals surface area contributed by atoms with Crippen molar-refractivity contribution in [2.45, 2.75) is 13.3 Å². The van der Waals surface area contributed by atoms with Crippen LogP contribution < -0.4 is 5.69 Å². The van der Waals surface area contributed by atoms with Crippen molar-refractivity contribution in [2.75, 3.05) is 0 Å². The van der Waals surface area contributed by atoms with Gasteiger partial charge in [-0.25, -0.2) is 4.79 Å². The van der Waals surface area contributed by atoms with Gasteiger partial charge in [0.15, 0.2) is 5.78 Å². The summed E-state index contributed by atoms with van der Waals surface area (Å²) in [6.07, 6.45) is 0.368. The summed E-state index contributed by atoms with van der Waals surface area (Å²) in [5.74, 6) is 0.0447. The highest BCUT2D eigenvalue weighted by Crippen LogP contribution is 2.15. The number of nitrogens with one attached hydrogen (secondary N) is 2. The molecule has 1 aromatic heterocycles. The molecule has 2 N–H and O–H groups in total. The number of ketones is 1. The van der Waals surface area contributed by atoms with E-state index in [0.717, 1.165) is 11.1 Å². The minimum atomic E-state index is -0.261. The molecule has 20 heavy (non-hydrogen) atoms. The van der Waals surface area contributed by atoms with E-state index in [1.54, 1.807) is 18.2 Å². The summed E-state index contributed by atoms with van der Waals surface area (Å²) in [6, 6.07) is 13.1. The second kappa shape index (κ2) is 4.81. The molecular weight excluding hydrogens is 252 g/mol. The van der Waals surface area contributed by atoms with Gasteiger partial charge in [-0.2, -0.15) is 0 Å². The van der Waals surface area contributed by atoms with Crippen molar-refractivity contribution in [3.05, 3.63) is 69.6 Å². The van der Waals surface area contributed by atoms with E-state index in [1.807, 2.05) is 31.2 Å². The van der Waals surface area contributed by atoms with Crippen molar-refractivity contribution in [2.24, 2.45) is 0 Å². The molecule has 0 saturated carbocycles. The quantitative estimate of drug-likeness (QED) is 0.715. The van der Waals surface area contributed by atoms with Crippen molar-refractivity contribution in [1.82, 2.24) is 9.97 Å². The third-order valence-electron chi connectivity index (χ3n) is 3.45. The van der Waals surface area contributed by atoms with Gasteiger partial charge in [0.25, 0.3) is 0 Å². The molecule has 3 aromatic rings. The fourth-order valence-corrected chi connectivity index (χ4v) is 2.29. The molecule has 4 heteroatoms. The molecule has 1 heterocycles. The zero-order chi connectivity index (χ0) is 14.1. The Morgan fingerprint density at radius 1 is 1.05 bits per heavy atom. The number of H-pyrrole nitrogens is 2. The Labute approximate surface area is 115 Å². The van der Waals surface area contributed by atoms with Crippen LogP contribution in [0.25, 0.3) is 11.0 Å². The first-order valence-corrected chi connectivity index (χ1v) is 6.43. The van der Waals surface area contributed by atoms with E-state index in [1.165, 1.54) is 0 Å². The highest BCUT2D eigenvalue weighted by Gasteiger charge is 2.10. The normalized spacial score (nSPS) is 10.8. The molecular formula is C16H14N2O2. The van der Waals surface area contributed by atoms with Crippen LogP contribution in [0.5, 0.6) is 0 Å². The Hall–Kier alpha value is -2.62. The van der Waals surface area contributed by atoms with Crippen molar-refractivity contribution < 1.29 is 4.79 Å². The summed E-state index contributed by atoms with van der Waals surface area (Å²) in [4.78, 5) is 28.9. The Kier molecular flexibility index (Phi) is 2.99. The third-order valence-corrected chi connectivity index (χ3v) is 3.45. The zero-order valence-electron chi connectivity index (χ0n) is 11.1. The summed E-state index contributed by atoms with van der Waals surface area (Å²) in [7, 11) is 0. The van der Waals surface area contributed by atoms with Gasteiger partial charge >= 0.3 is 5.69 Å². The van der Waals surface area contributed by atoms with Crippen molar-refractivity contribution in [1.29, 1.82) is 0 Å². The molecule has 3 rings (SSSR count). The number of carbonyl (C=O) groups excluding carboxylic acids is 1. The lowest BCUT2D eigenvalue weighted by molar-refractivity contribution is 0.0993. The minimum absolute atomic E-state index is 0.0447. The molecule has 0 radical (unpaired) electrons. The molecule has 0 spiro atoms. The lowest BCUT2D eigenvalue weighted by Gasteiger charge is -2.05. The van der Waals surface area contributed by atoms with Crippen LogP contribution >= 0.6 is 0 Å². The number of benzene rings is 2. The van der Waals surface area contributed by atoms with Gasteiger partial charge in [-0.05, 0) is 36.2 Å². The SMILES string of the molecule is Cc1ccccc1CC(=O)c1ccc2[nH]c(=O)[nH]c2c1. The largest absolute Gasteiger partial charge is 0.323 e. The number of aromatic nitrogens is 2. The van der Waals surface area contributed by atoms with Crippen LogP contribution in [0.1, 0.15) is 21.5 Å². The molecule has 2 aromatic carbocycles. The lowest BCUT2D eigenvalue weighted by atomic mass is 9.99. The van der Waals surface area contributed by atoms with Gasteiger partial charge in [0.1, 0.15) is 0 Å². The maximum absolute atomic E-state index is 12.3. The van der Waals surface area contributed by atoms with E-state index in [0.29, 0.717) is 23.0 Å². The number of Topliss-reactive ketones (excluding diaryl/α,β-unsaturated/α-hetero) is 1. The summed E-state index contributed by atoms with van der Waals surface area (Å²) >= 11 is 0. The zero-order valence-corrected chi connectivity index (χ0v) is 11.1. The van der Waals surface area contributed by atoms with E-state index in [-0.39, 0.29) is 11.5 Å². The first kappa shape index (κ1) is 12.4. The second-order valence-corrected chi connectivity index (χ2v) is 4.87. The lowest BCUT2D eigenvalue weighted by Crippen LogP contribution is -2.04. The monoisotopic (exact) mass is 266 g/mol. The average Bonchev–Trinajstić information content (AvgIpc) is 2.80. The van der Waals surface area contributed by atoms with E-state index in [4.69, 9.17) is 0 Å². The molecule has 0 saturated heterocycles. The molecule has 0 atom stereocenters. The van der Waals surface area contributed by atoms with E-state index in [9.17, 15) is 9.59 Å². The molecule has 0 fully saturated rings. The number of rotatable bonds is 3. The van der Waals surface area contributed by atoms with Crippen LogP contribution in [-0.2, 0) is 6.42 Å². The van der Waals surface area contributed by atoms with Gasteiger partial charge in [0.2, 0.25) is 0 Å². The maximum atomic E-state index is 12.3. The first-order chi connectivity index (χ1) is 9.63. The molecule has 0 aliphatic carbocycles. The van der Waals surface area contributed by atoms with Gasteiger partial charge in [0, 0.05) is 12.0 Å². The van der Waals surface area contributed by atoms with Crippen LogP contribution in [0.15, 0.2) is 47.3 Å². The minimum Gasteiger partial charge on any atom is -0.306 e. The summed E-state index contributed by atoms with van der Waals surface area (Å²) in [6.45, 7) is 2.00. The van der Waals surface area contributed by atoms with Crippen molar-refractivity contribution in [3.63, 3.8) is 0 Å². The molecule has 100 valence electrons. The van der Waals surface area contributed by atoms with Gasteiger partial charge in [-0.15, -0.1) is 0 Å². The van der Waals surface area contributed by atoms with Gasteiger partial charge < -0.3 is 9.97 Å². The molecule has 0 aliphatic heterocycles. The topological polar surface area (TPSA) is 65.7 Å². The molecule has 0 bridgehead atoms. The molecule has 0 amide bonds. The number of hydrogen-bond donors (Lipinski definition) is 2. The summed E-state index contributed by atoms with van der Waals surface area (Å²) in [5, 5.41) is 0. The van der Waals surface area contributed by atoms with Crippen LogP contribution in [0.4, 0.5) is 0 Å². The van der Waals surface area contributed by atoms with Crippen LogP contribution in [0.2, 0.25) is 0 Å². The van der Waals surface area contributed by atoms with Crippen molar-refractivity contribution >= 4 is 16.8 Å². The number of imidazole rings is 1. The van der Waals surface area contributed by atoms with Crippen LogP contribution in [0, 0.1) is 6.92 Å². The Bertz CT molecular complexity index is 843. The fourth-order valence-electron chi connectivity index (χ4n) is 2.29. The van der Waals surface area contributed by atoms with Gasteiger partial charge in [-0.1, -0.05) is 24.3 Å². The summed E-state index contributed by atoms with van der Waals surface area (Å²) < 4.78 is 0. The standard InChI is InChI=1S/C16H14N2O2/c1-10-4-2-3-5-11(10)9-15(19)12-6-7-13-14(8-12)18-16(20)17-13/h2-8H,9H2,1H3,(H2,17,18,20). The van der Waals surface area contributed by atoms with Crippen molar-refractivity contribution in [3.8, 4) is 0 Å². The van der Waals surface area contributed by atoms with E-state index < -0.39 is 0 Å². The second-order valence-electron chi connectivity index (χ2n) is 4.87. The number of aryl methyl sites for hydroxylation is 1. The summed E-state index contributed by atoms with van der Waals surface area (Å²) in [5.41, 5.74) is 3.85. The predicted octanol–water partition coefficient (Wildman–Crippen LogP) is 2.59. The third kappa shape index (κ3) is 2.28. The Balaban J connectivity index is 1.92. The number of carbonyl (C=O) groups is 1. The Morgan fingerprint density at radius 2 is 1.80 bits per heavy atom. The Morgan fingerprint density at radius 3 is 2.60 bits per heavy atom. The number of hydrogen-bond acceptors (Lipinski definition) is 2. The highest BCUT2D eigenvalue weighted by molar-refractivity contribution is 6.00. The van der Waals surface area contributed by atoms with E-state index >= 15 is 0 Å². The molecule has 4 nitrogen and oxygen atoms in total. The number of aromatic amines is 2. The van der Waals surface area contributed by atoms with Gasteiger partial charge in [0.05, 0.1) is 11.0 Å². The fraction of sp³-hybridized carbons (Fsp3) is 0.125. The average molecular weight is 266 g/mol. The van der Waals surface area contributed by atoms with Gasteiger partial charge in [-0.3, -0.25) is 4.79 Å². The van der Waals surface area contributed by atoms with E-state index in [2.05, 4.69) is 9.97 Å². The van der Waals surface area contributed by atoms with Crippen LogP contribution in [0.3, 0.4) is 0 Å². The molecule has 0 aliphatic rings. The van der Waals surface area contributed by atoms with Crippen LogP contribution in [-0.4, -0.2) is 15.8 Å². The predicted molar refractivity (Wildman–Crippen MR) is 78.1 cm³/mol. The highest BCUT2D eigenvalue weighted by atomic mass is 16.1. The maximum Gasteiger partial charge on any atom is 0.323 e. The number of fused-ring (bicyclic) bond motifs is 1.